The number of hydrogen-bond donors (Lipinski definition) is 1. The molecule has 5 nitrogen and oxygen atoms in total. The number of carbonyl (C=O) groups excluding carboxylic acids is 1. The van der Waals surface area contributed by atoms with Crippen molar-refractivity contribution in [2.45, 2.75) is 12.1 Å². The first kappa shape index (κ1) is 17.0. The second-order valence-corrected chi connectivity index (χ2v) is 7.47. The van der Waals surface area contributed by atoms with Gasteiger partial charge in [0.2, 0.25) is 5.91 Å². The monoisotopic (exact) mass is 379 g/mol. The molecule has 3 aromatic rings. The van der Waals surface area contributed by atoms with Crippen molar-refractivity contribution >= 4 is 56.5 Å². The molecule has 24 heavy (non-hydrogen) atoms. The van der Waals surface area contributed by atoms with Crippen molar-refractivity contribution in [3.05, 3.63) is 50.6 Å². The highest BCUT2D eigenvalue weighted by atomic mass is 35.5. The van der Waals surface area contributed by atoms with Gasteiger partial charge in [-0.05, 0) is 36.1 Å². The zero-order valence-electron chi connectivity index (χ0n) is 13.0. The second kappa shape index (κ2) is 6.96. The van der Waals surface area contributed by atoms with Crippen LogP contribution in [0.4, 0.5) is 5.69 Å². The van der Waals surface area contributed by atoms with Crippen LogP contribution in [-0.4, -0.2) is 21.2 Å². The molecule has 2 heterocycles. The van der Waals surface area contributed by atoms with Crippen LogP contribution in [0.25, 0.3) is 10.2 Å². The number of thiophene rings is 1. The first-order chi connectivity index (χ1) is 11.5. The summed E-state index contributed by atoms with van der Waals surface area (Å²) in [4.78, 5) is 29.5. The fourth-order valence-electron chi connectivity index (χ4n) is 2.15. The summed E-state index contributed by atoms with van der Waals surface area (Å²) < 4.78 is 1.47. The Morgan fingerprint density at radius 2 is 2.21 bits per heavy atom. The van der Waals surface area contributed by atoms with Gasteiger partial charge in [-0.3, -0.25) is 14.2 Å². The lowest BCUT2D eigenvalue weighted by molar-refractivity contribution is -0.113. The van der Waals surface area contributed by atoms with Crippen molar-refractivity contribution in [2.75, 3.05) is 11.1 Å². The van der Waals surface area contributed by atoms with Gasteiger partial charge >= 0.3 is 0 Å². The molecule has 0 saturated carbocycles. The summed E-state index contributed by atoms with van der Waals surface area (Å²) in [5, 5.41) is 6.36. The summed E-state index contributed by atoms with van der Waals surface area (Å²) in [5.74, 6) is -0.0192. The lowest BCUT2D eigenvalue weighted by Crippen LogP contribution is -2.21. The molecule has 0 fully saturated rings. The van der Waals surface area contributed by atoms with Gasteiger partial charge in [-0.2, -0.15) is 0 Å². The summed E-state index contributed by atoms with van der Waals surface area (Å²) >= 11 is 8.59. The lowest BCUT2D eigenvalue weighted by Gasteiger charge is -2.10. The predicted octanol–water partition coefficient (Wildman–Crippen LogP) is 3.69. The number of carbonyl (C=O) groups is 1. The van der Waals surface area contributed by atoms with Crippen LogP contribution in [0, 0.1) is 6.92 Å². The standard InChI is InChI=1S/C16H14ClN3O2S2/c1-9-3-4-10(17)7-12(9)18-13(21)8-24-16-19-14-11(5-6-23-14)15(22)20(16)2/h3-7H,8H2,1-2H3,(H,18,21). The number of halogens is 1. The van der Waals surface area contributed by atoms with Crippen molar-refractivity contribution in [2.24, 2.45) is 7.05 Å². The van der Waals surface area contributed by atoms with Crippen LogP contribution in [-0.2, 0) is 11.8 Å². The summed E-state index contributed by atoms with van der Waals surface area (Å²) in [5.41, 5.74) is 1.52. The van der Waals surface area contributed by atoms with Crippen LogP contribution >= 0.6 is 34.7 Å². The zero-order valence-corrected chi connectivity index (χ0v) is 15.4. The molecule has 0 aliphatic heterocycles. The maximum absolute atomic E-state index is 12.2. The molecular formula is C16H14ClN3O2S2. The molecular weight excluding hydrogens is 366 g/mol. The maximum Gasteiger partial charge on any atom is 0.262 e. The predicted molar refractivity (Wildman–Crippen MR) is 100 cm³/mol. The molecule has 0 radical (unpaired) electrons. The van der Waals surface area contributed by atoms with E-state index in [1.165, 1.54) is 27.7 Å². The number of nitrogens with zero attached hydrogens (tertiary/aromatic N) is 2. The lowest BCUT2D eigenvalue weighted by atomic mass is 10.2. The van der Waals surface area contributed by atoms with E-state index in [0.717, 1.165) is 5.56 Å². The fraction of sp³-hybridized carbons (Fsp3) is 0.188. The maximum atomic E-state index is 12.2. The molecule has 0 aliphatic carbocycles. The van der Waals surface area contributed by atoms with Gasteiger partial charge in [-0.25, -0.2) is 4.98 Å². The van der Waals surface area contributed by atoms with E-state index < -0.39 is 0 Å². The highest BCUT2D eigenvalue weighted by Gasteiger charge is 2.12. The van der Waals surface area contributed by atoms with Crippen LogP contribution in [0.5, 0.6) is 0 Å². The van der Waals surface area contributed by atoms with E-state index in [1.807, 2.05) is 18.4 Å². The Labute approximate surface area is 151 Å². The number of benzene rings is 1. The van der Waals surface area contributed by atoms with Crippen molar-refractivity contribution in [1.82, 2.24) is 9.55 Å². The molecule has 0 bridgehead atoms. The van der Waals surface area contributed by atoms with Crippen molar-refractivity contribution in [3.8, 4) is 0 Å². The van der Waals surface area contributed by atoms with E-state index in [0.29, 0.717) is 26.1 Å². The highest BCUT2D eigenvalue weighted by molar-refractivity contribution is 7.99. The number of anilines is 1. The van der Waals surface area contributed by atoms with E-state index in [2.05, 4.69) is 10.3 Å². The third-order valence-corrected chi connectivity index (χ3v) is 5.54. The minimum atomic E-state index is -0.175. The molecule has 0 spiro atoms. The molecule has 3 rings (SSSR count). The largest absolute Gasteiger partial charge is 0.325 e. The number of nitrogens with one attached hydrogen (secondary N) is 1. The summed E-state index contributed by atoms with van der Waals surface area (Å²) in [6.07, 6.45) is 0. The van der Waals surface area contributed by atoms with Gasteiger partial charge in [0.15, 0.2) is 5.16 Å². The Hall–Kier alpha value is -1.83. The van der Waals surface area contributed by atoms with Gasteiger partial charge in [0.05, 0.1) is 11.1 Å². The van der Waals surface area contributed by atoms with Crippen LogP contribution in [0.15, 0.2) is 39.6 Å². The van der Waals surface area contributed by atoms with Gasteiger partial charge in [0.1, 0.15) is 4.83 Å². The van der Waals surface area contributed by atoms with E-state index >= 15 is 0 Å². The Bertz CT molecular complexity index is 981. The highest BCUT2D eigenvalue weighted by Crippen LogP contribution is 2.22. The number of amides is 1. The first-order valence-electron chi connectivity index (χ1n) is 7.09. The zero-order chi connectivity index (χ0) is 17.3. The number of aromatic nitrogens is 2. The van der Waals surface area contributed by atoms with E-state index in [1.54, 1.807) is 25.2 Å². The molecule has 8 heteroatoms. The minimum absolute atomic E-state index is 0.102. The number of hydrogen-bond acceptors (Lipinski definition) is 5. The summed E-state index contributed by atoms with van der Waals surface area (Å²) in [7, 11) is 1.66. The van der Waals surface area contributed by atoms with Gasteiger partial charge < -0.3 is 5.32 Å². The molecule has 0 atom stereocenters. The minimum Gasteiger partial charge on any atom is -0.325 e. The molecule has 1 N–H and O–H groups in total. The van der Waals surface area contributed by atoms with Gasteiger partial charge in [-0.1, -0.05) is 29.4 Å². The second-order valence-electron chi connectivity index (χ2n) is 5.19. The molecule has 124 valence electrons. The van der Waals surface area contributed by atoms with Crippen molar-refractivity contribution in [1.29, 1.82) is 0 Å². The SMILES string of the molecule is Cc1ccc(Cl)cc1NC(=O)CSc1nc2sccc2c(=O)n1C. The molecule has 0 aliphatic rings. The summed E-state index contributed by atoms with van der Waals surface area (Å²) in [6, 6.07) is 7.10. The Balaban J connectivity index is 1.74. The molecule has 1 amide bonds. The number of fused-ring (bicyclic) bond motifs is 1. The number of thioether (sulfide) groups is 1. The topological polar surface area (TPSA) is 64.0 Å². The molecule has 1 aromatic carbocycles. The summed E-state index contributed by atoms with van der Waals surface area (Å²) in [6.45, 7) is 1.90. The van der Waals surface area contributed by atoms with E-state index in [4.69, 9.17) is 11.6 Å². The Morgan fingerprint density at radius 3 is 3.00 bits per heavy atom. The third kappa shape index (κ3) is 3.48. The average Bonchev–Trinajstić information content (AvgIpc) is 3.01. The van der Waals surface area contributed by atoms with Crippen molar-refractivity contribution < 1.29 is 4.79 Å². The van der Waals surface area contributed by atoms with Gasteiger partial charge in [-0.15, -0.1) is 11.3 Å². The number of aryl methyl sites for hydroxylation is 1. The molecule has 0 unspecified atom stereocenters. The average molecular weight is 380 g/mol. The van der Waals surface area contributed by atoms with Gasteiger partial charge in [0, 0.05) is 17.8 Å². The van der Waals surface area contributed by atoms with E-state index in [-0.39, 0.29) is 17.2 Å². The Morgan fingerprint density at radius 1 is 1.42 bits per heavy atom. The third-order valence-electron chi connectivity index (χ3n) is 3.47. The van der Waals surface area contributed by atoms with Crippen LogP contribution in [0.3, 0.4) is 0 Å². The van der Waals surface area contributed by atoms with Crippen molar-refractivity contribution in [3.63, 3.8) is 0 Å². The van der Waals surface area contributed by atoms with Gasteiger partial charge in [0.25, 0.3) is 5.56 Å². The molecule has 0 saturated heterocycles. The van der Waals surface area contributed by atoms with Crippen LogP contribution < -0.4 is 10.9 Å². The quantitative estimate of drug-likeness (QED) is 0.554. The first-order valence-corrected chi connectivity index (χ1v) is 9.33. The van der Waals surface area contributed by atoms with Crippen LogP contribution in [0.2, 0.25) is 5.02 Å². The smallest absolute Gasteiger partial charge is 0.262 e. The fourth-order valence-corrected chi connectivity index (χ4v) is 3.90. The Kier molecular flexibility index (Phi) is 4.93. The normalized spacial score (nSPS) is 11.0. The molecule has 2 aromatic heterocycles. The van der Waals surface area contributed by atoms with E-state index in [9.17, 15) is 9.59 Å². The van der Waals surface area contributed by atoms with Crippen LogP contribution in [0.1, 0.15) is 5.56 Å². The number of rotatable bonds is 4.